The van der Waals surface area contributed by atoms with Gasteiger partial charge >= 0.3 is 0 Å². The standard InChI is InChI=1S/C19H19N3O2/c1-12(2)15-5-4-6-16(11-15)14-7-9-17(10-8-14)24-19-18(13(3)23)20-22-21-19/h4-12H,1-3H3,(H,20,21,22). The Hall–Kier alpha value is -2.95. The Bertz CT molecular complexity index is 851. The van der Waals surface area contributed by atoms with Crippen LogP contribution >= 0.6 is 0 Å². The summed E-state index contributed by atoms with van der Waals surface area (Å²) >= 11 is 0. The second kappa shape index (κ2) is 6.66. The summed E-state index contributed by atoms with van der Waals surface area (Å²) in [5.41, 5.74) is 3.85. The number of hydrogen-bond acceptors (Lipinski definition) is 4. The van der Waals surface area contributed by atoms with Gasteiger partial charge in [-0.25, -0.2) is 0 Å². The van der Waals surface area contributed by atoms with Gasteiger partial charge in [0, 0.05) is 6.92 Å². The molecule has 0 spiro atoms. The van der Waals surface area contributed by atoms with Crippen LogP contribution in [0.1, 0.15) is 42.7 Å². The second-order valence-electron chi connectivity index (χ2n) is 5.95. The van der Waals surface area contributed by atoms with Crippen LogP contribution in [0.4, 0.5) is 0 Å². The minimum absolute atomic E-state index is 0.169. The largest absolute Gasteiger partial charge is 0.436 e. The highest BCUT2D eigenvalue weighted by molar-refractivity contribution is 5.94. The van der Waals surface area contributed by atoms with Crippen molar-refractivity contribution >= 4 is 5.78 Å². The molecule has 0 aliphatic rings. The smallest absolute Gasteiger partial charge is 0.269 e. The van der Waals surface area contributed by atoms with Crippen LogP contribution in [0.3, 0.4) is 0 Å². The number of ketones is 1. The molecule has 1 heterocycles. The minimum Gasteiger partial charge on any atom is -0.436 e. The van der Waals surface area contributed by atoms with Gasteiger partial charge in [0.15, 0.2) is 11.5 Å². The van der Waals surface area contributed by atoms with Crippen LogP contribution < -0.4 is 4.74 Å². The van der Waals surface area contributed by atoms with E-state index in [4.69, 9.17) is 4.74 Å². The number of aromatic amines is 1. The molecule has 0 bridgehead atoms. The van der Waals surface area contributed by atoms with Crippen LogP contribution in [0.15, 0.2) is 48.5 Å². The SMILES string of the molecule is CC(=O)c1[nH]nnc1Oc1ccc(-c2cccc(C(C)C)c2)cc1. The van der Waals surface area contributed by atoms with Crippen molar-refractivity contribution in [3.05, 3.63) is 59.8 Å². The van der Waals surface area contributed by atoms with E-state index in [9.17, 15) is 4.79 Å². The molecule has 5 nitrogen and oxygen atoms in total. The van der Waals surface area contributed by atoms with Gasteiger partial charge in [-0.3, -0.25) is 9.89 Å². The Labute approximate surface area is 140 Å². The van der Waals surface area contributed by atoms with E-state index >= 15 is 0 Å². The molecule has 0 radical (unpaired) electrons. The van der Waals surface area contributed by atoms with Crippen LogP contribution in [0.5, 0.6) is 11.6 Å². The van der Waals surface area contributed by atoms with E-state index < -0.39 is 0 Å². The second-order valence-corrected chi connectivity index (χ2v) is 5.95. The highest BCUT2D eigenvalue weighted by Gasteiger charge is 2.13. The normalized spacial score (nSPS) is 10.8. The molecule has 0 amide bonds. The number of hydrogen-bond donors (Lipinski definition) is 1. The molecule has 0 aliphatic carbocycles. The van der Waals surface area contributed by atoms with Crippen molar-refractivity contribution in [3.63, 3.8) is 0 Å². The highest BCUT2D eigenvalue weighted by Crippen LogP contribution is 2.28. The molecular weight excluding hydrogens is 302 g/mol. The Morgan fingerprint density at radius 1 is 1.08 bits per heavy atom. The topological polar surface area (TPSA) is 67.9 Å². The number of nitrogens with one attached hydrogen (secondary N) is 1. The predicted molar refractivity (Wildman–Crippen MR) is 92.4 cm³/mol. The Balaban J connectivity index is 1.82. The molecule has 3 aromatic rings. The van der Waals surface area contributed by atoms with Gasteiger partial charge in [0.05, 0.1) is 0 Å². The van der Waals surface area contributed by atoms with E-state index in [0.717, 1.165) is 5.56 Å². The van der Waals surface area contributed by atoms with Gasteiger partial charge in [-0.15, -0.1) is 0 Å². The van der Waals surface area contributed by atoms with Crippen LogP contribution in [0, 0.1) is 0 Å². The molecule has 0 unspecified atom stereocenters. The molecule has 5 heteroatoms. The van der Waals surface area contributed by atoms with Crippen molar-refractivity contribution in [3.8, 4) is 22.8 Å². The van der Waals surface area contributed by atoms with Gasteiger partial charge in [-0.05, 0) is 34.7 Å². The lowest BCUT2D eigenvalue weighted by atomic mass is 9.97. The first-order valence-corrected chi connectivity index (χ1v) is 7.85. The van der Waals surface area contributed by atoms with Gasteiger partial charge in [0.25, 0.3) is 5.88 Å². The summed E-state index contributed by atoms with van der Waals surface area (Å²) in [5.74, 6) is 1.12. The third kappa shape index (κ3) is 3.35. The summed E-state index contributed by atoms with van der Waals surface area (Å²) in [5, 5.41) is 9.95. The molecule has 0 saturated carbocycles. The molecule has 0 aliphatic heterocycles. The van der Waals surface area contributed by atoms with Crippen molar-refractivity contribution in [1.82, 2.24) is 15.4 Å². The lowest BCUT2D eigenvalue weighted by Crippen LogP contribution is -1.96. The summed E-state index contributed by atoms with van der Waals surface area (Å²) in [6, 6.07) is 16.2. The zero-order valence-corrected chi connectivity index (χ0v) is 13.9. The van der Waals surface area contributed by atoms with Crippen molar-refractivity contribution in [2.45, 2.75) is 26.7 Å². The summed E-state index contributed by atoms with van der Waals surface area (Å²) < 4.78 is 5.64. The number of aromatic nitrogens is 3. The number of Topliss-reactive ketones (excluding diaryl/α,β-unsaturated/α-hetero) is 1. The molecule has 3 rings (SSSR count). The number of benzene rings is 2. The minimum atomic E-state index is -0.169. The van der Waals surface area contributed by atoms with E-state index in [0.29, 0.717) is 11.7 Å². The van der Waals surface area contributed by atoms with Crippen LogP contribution in [-0.2, 0) is 0 Å². The fraction of sp³-hybridized carbons (Fsp3) is 0.211. The van der Waals surface area contributed by atoms with Gasteiger partial charge in [0.1, 0.15) is 5.75 Å². The summed E-state index contributed by atoms with van der Waals surface area (Å²) in [4.78, 5) is 11.5. The summed E-state index contributed by atoms with van der Waals surface area (Å²) in [6.07, 6.45) is 0. The quantitative estimate of drug-likeness (QED) is 0.698. The lowest BCUT2D eigenvalue weighted by molar-refractivity contribution is 0.101. The van der Waals surface area contributed by atoms with Crippen molar-refractivity contribution in [1.29, 1.82) is 0 Å². The number of ether oxygens (including phenoxy) is 1. The fourth-order valence-electron chi connectivity index (χ4n) is 2.42. The first-order chi connectivity index (χ1) is 11.5. The van der Waals surface area contributed by atoms with E-state index in [2.05, 4.69) is 53.5 Å². The zero-order chi connectivity index (χ0) is 17.1. The van der Waals surface area contributed by atoms with Crippen molar-refractivity contribution in [2.75, 3.05) is 0 Å². The van der Waals surface area contributed by atoms with Gasteiger partial charge < -0.3 is 4.74 Å². The van der Waals surface area contributed by atoms with E-state index in [1.807, 2.05) is 24.3 Å². The average molecular weight is 321 g/mol. The fourth-order valence-corrected chi connectivity index (χ4v) is 2.42. The number of rotatable bonds is 5. The van der Waals surface area contributed by atoms with Crippen molar-refractivity contribution in [2.24, 2.45) is 0 Å². The van der Waals surface area contributed by atoms with E-state index in [-0.39, 0.29) is 17.4 Å². The zero-order valence-electron chi connectivity index (χ0n) is 13.9. The Morgan fingerprint density at radius 3 is 2.50 bits per heavy atom. The third-order valence-corrected chi connectivity index (χ3v) is 3.82. The third-order valence-electron chi connectivity index (χ3n) is 3.82. The molecular formula is C19H19N3O2. The summed E-state index contributed by atoms with van der Waals surface area (Å²) in [6.45, 7) is 5.80. The first-order valence-electron chi connectivity index (χ1n) is 7.85. The molecule has 1 aromatic heterocycles. The van der Waals surface area contributed by atoms with Crippen molar-refractivity contribution < 1.29 is 9.53 Å². The maximum atomic E-state index is 11.5. The predicted octanol–water partition coefficient (Wildman–Crippen LogP) is 4.59. The number of H-pyrrole nitrogens is 1. The maximum absolute atomic E-state index is 11.5. The molecule has 1 N–H and O–H groups in total. The molecule has 0 fully saturated rings. The van der Waals surface area contributed by atoms with Gasteiger partial charge in [0.2, 0.25) is 0 Å². The van der Waals surface area contributed by atoms with Gasteiger partial charge in [-0.1, -0.05) is 60.6 Å². The summed E-state index contributed by atoms with van der Waals surface area (Å²) in [7, 11) is 0. The van der Waals surface area contributed by atoms with E-state index in [1.54, 1.807) is 0 Å². The van der Waals surface area contributed by atoms with E-state index in [1.165, 1.54) is 18.1 Å². The first kappa shape index (κ1) is 15.9. The monoisotopic (exact) mass is 321 g/mol. The van der Waals surface area contributed by atoms with Crippen LogP contribution in [0.2, 0.25) is 0 Å². The molecule has 2 aromatic carbocycles. The average Bonchev–Trinajstić information content (AvgIpc) is 3.04. The number of carbonyl (C=O) groups is 1. The van der Waals surface area contributed by atoms with Gasteiger partial charge in [-0.2, -0.15) is 0 Å². The maximum Gasteiger partial charge on any atom is 0.269 e. The molecule has 0 atom stereocenters. The molecule has 24 heavy (non-hydrogen) atoms. The lowest BCUT2D eigenvalue weighted by Gasteiger charge is -2.09. The number of carbonyl (C=O) groups excluding carboxylic acids is 1. The van der Waals surface area contributed by atoms with Crippen LogP contribution in [-0.4, -0.2) is 21.2 Å². The molecule has 122 valence electrons. The Kier molecular flexibility index (Phi) is 4.42. The Morgan fingerprint density at radius 2 is 1.83 bits per heavy atom. The molecule has 0 saturated heterocycles. The van der Waals surface area contributed by atoms with Crippen LogP contribution in [0.25, 0.3) is 11.1 Å². The number of nitrogens with zero attached hydrogens (tertiary/aromatic N) is 2. The highest BCUT2D eigenvalue weighted by atomic mass is 16.5.